The highest BCUT2D eigenvalue weighted by Gasteiger charge is 2.21. The lowest BCUT2D eigenvalue weighted by Gasteiger charge is -2.04. The molecule has 0 radical (unpaired) electrons. The number of hydrogen-bond acceptors (Lipinski definition) is 2. The summed E-state index contributed by atoms with van der Waals surface area (Å²) in [4.78, 5) is 0. The summed E-state index contributed by atoms with van der Waals surface area (Å²) in [6.07, 6.45) is 2.81. The van der Waals surface area contributed by atoms with Gasteiger partial charge in [0, 0.05) is 11.9 Å². The molecule has 0 bridgehead atoms. The molecule has 1 N–H and O–H groups in total. The van der Waals surface area contributed by atoms with Crippen LogP contribution in [0.15, 0.2) is 0 Å². The summed E-state index contributed by atoms with van der Waals surface area (Å²) in [5.74, 6) is 1.64. The fraction of sp³-hybridized carbons (Fsp3) is 1.00. The Bertz CT molecular complexity index is 81.0. The topological polar surface area (TPSA) is 20.2 Å². The lowest BCUT2D eigenvalue weighted by molar-refractivity contribution is 0.250. The molecular weight excluding hydrogens is 132 g/mol. The van der Waals surface area contributed by atoms with E-state index in [1.54, 1.807) is 0 Å². The van der Waals surface area contributed by atoms with Crippen LogP contribution in [0.4, 0.5) is 0 Å². The van der Waals surface area contributed by atoms with Gasteiger partial charge in [0.25, 0.3) is 0 Å². The maximum absolute atomic E-state index is 8.65. The molecule has 54 valence electrons. The minimum Gasteiger partial charge on any atom is -0.396 e. The highest BCUT2D eigenvalue weighted by Crippen LogP contribution is 2.34. The van der Waals surface area contributed by atoms with Crippen LogP contribution in [-0.4, -0.2) is 22.7 Å². The van der Waals surface area contributed by atoms with Crippen molar-refractivity contribution in [2.45, 2.75) is 25.0 Å². The molecule has 1 nitrogen and oxygen atoms in total. The first-order chi connectivity index (χ1) is 4.33. The molecule has 0 spiro atoms. The van der Waals surface area contributed by atoms with E-state index in [4.69, 9.17) is 5.11 Å². The van der Waals surface area contributed by atoms with Crippen molar-refractivity contribution in [1.29, 1.82) is 0 Å². The fourth-order valence-electron chi connectivity index (χ4n) is 0.588. The fourth-order valence-corrected chi connectivity index (χ4v) is 1.76. The standard InChI is InChI=1S/C7H14OS/c1-6(4-8)5-9-7-2-3-7/h6-8H,2-5H2,1H3. The molecule has 1 atom stereocenters. The van der Waals surface area contributed by atoms with E-state index in [1.165, 1.54) is 12.8 Å². The van der Waals surface area contributed by atoms with Gasteiger partial charge < -0.3 is 5.11 Å². The number of aliphatic hydroxyl groups is 1. The Labute approximate surface area is 60.8 Å². The van der Waals surface area contributed by atoms with Gasteiger partial charge in [0.2, 0.25) is 0 Å². The quantitative estimate of drug-likeness (QED) is 0.648. The van der Waals surface area contributed by atoms with Gasteiger partial charge in [0.1, 0.15) is 0 Å². The molecule has 1 fully saturated rings. The predicted molar refractivity (Wildman–Crippen MR) is 41.7 cm³/mol. The second-order valence-corrected chi connectivity index (χ2v) is 4.15. The smallest absolute Gasteiger partial charge is 0.0464 e. The van der Waals surface area contributed by atoms with Crippen molar-refractivity contribution < 1.29 is 5.11 Å². The molecule has 0 saturated heterocycles. The van der Waals surface area contributed by atoms with E-state index in [2.05, 4.69) is 6.92 Å². The molecule has 9 heavy (non-hydrogen) atoms. The van der Waals surface area contributed by atoms with Gasteiger partial charge in [-0.15, -0.1) is 0 Å². The van der Waals surface area contributed by atoms with Crippen LogP contribution >= 0.6 is 11.8 Å². The molecule has 0 aromatic heterocycles. The van der Waals surface area contributed by atoms with Crippen molar-refractivity contribution in [2.75, 3.05) is 12.4 Å². The summed E-state index contributed by atoms with van der Waals surface area (Å²) in [6, 6.07) is 0. The van der Waals surface area contributed by atoms with Crippen LogP contribution in [0, 0.1) is 5.92 Å². The molecule has 0 aromatic carbocycles. The van der Waals surface area contributed by atoms with E-state index in [-0.39, 0.29) is 0 Å². The van der Waals surface area contributed by atoms with E-state index in [1.807, 2.05) is 11.8 Å². The summed E-state index contributed by atoms with van der Waals surface area (Å²) < 4.78 is 0. The first-order valence-electron chi connectivity index (χ1n) is 3.55. The Morgan fingerprint density at radius 2 is 2.33 bits per heavy atom. The van der Waals surface area contributed by atoms with Gasteiger partial charge in [-0.25, -0.2) is 0 Å². The molecule has 0 aromatic rings. The maximum Gasteiger partial charge on any atom is 0.0464 e. The summed E-state index contributed by atoms with van der Waals surface area (Å²) in [7, 11) is 0. The van der Waals surface area contributed by atoms with Crippen molar-refractivity contribution in [2.24, 2.45) is 5.92 Å². The third kappa shape index (κ3) is 3.11. The lowest BCUT2D eigenvalue weighted by Crippen LogP contribution is -2.03. The van der Waals surface area contributed by atoms with Crippen LogP contribution in [0.25, 0.3) is 0 Å². The Kier molecular flexibility index (Phi) is 2.86. The summed E-state index contributed by atoms with van der Waals surface area (Å²) >= 11 is 2.02. The molecule has 0 aliphatic heterocycles. The third-order valence-corrected chi connectivity index (χ3v) is 3.16. The normalized spacial score (nSPS) is 22.0. The summed E-state index contributed by atoms with van der Waals surface area (Å²) in [6.45, 7) is 2.44. The average molecular weight is 146 g/mol. The van der Waals surface area contributed by atoms with Gasteiger partial charge in [0.15, 0.2) is 0 Å². The van der Waals surface area contributed by atoms with Crippen molar-refractivity contribution in [1.82, 2.24) is 0 Å². The Morgan fingerprint density at radius 1 is 1.67 bits per heavy atom. The van der Waals surface area contributed by atoms with Crippen LogP contribution in [0.2, 0.25) is 0 Å². The van der Waals surface area contributed by atoms with Crippen molar-refractivity contribution in [3.63, 3.8) is 0 Å². The zero-order valence-electron chi connectivity index (χ0n) is 5.84. The zero-order chi connectivity index (χ0) is 6.69. The Balaban J connectivity index is 1.90. The van der Waals surface area contributed by atoms with Crippen molar-refractivity contribution in [3.8, 4) is 0 Å². The maximum atomic E-state index is 8.65. The first-order valence-corrected chi connectivity index (χ1v) is 4.60. The molecule has 1 aliphatic carbocycles. The number of aliphatic hydroxyl groups excluding tert-OH is 1. The number of thioether (sulfide) groups is 1. The molecule has 1 rings (SSSR count). The van der Waals surface area contributed by atoms with E-state index in [0.717, 1.165) is 11.0 Å². The summed E-state index contributed by atoms with van der Waals surface area (Å²) in [5.41, 5.74) is 0. The minimum absolute atomic E-state index is 0.347. The molecule has 0 amide bonds. The number of hydrogen-bond donors (Lipinski definition) is 1. The van der Waals surface area contributed by atoms with E-state index >= 15 is 0 Å². The third-order valence-electron chi connectivity index (χ3n) is 1.45. The highest BCUT2D eigenvalue weighted by atomic mass is 32.2. The van der Waals surface area contributed by atoms with E-state index < -0.39 is 0 Å². The zero-order valence-corrected chi connectivity index (χ0v) is 6.66. The van der Waals surface area contributed by atoms with Crippen LogP contribution in [0.5, 0.6) is 0 Å². The Morgan fingerprint density at radius 3 is 2.78 bits per heavy atom. The van der Waals surface area contributed by atoms with Gasteiger partial charge in [-0.1, -0.05) is 6.92 Å². The lowest BCUT2D eigenvalue weighted by atomic mass is 10.2. The van der Waals surface area contributed by atoms with Crippen LogP contribution in [0.1, 0.15) is 19.8 Å². The molecule has 2 heteroatoms. The highest BCUT2D eigenvalue weighted by molar-refractivity contribution is 8.00. The largest absolute Gasteiger partial charge is 0.396 e. The monoisotopic (exact) mass is 146 g/mol. The second kappa shape index (κ2) is 3.47. The molecule has 1 unspecified atom stereocenters. The molecule has 1 saturated carbocycles. The Hall–Kier alpha value is 0.310. The van der Waals surface area contributed by atoms with Gasteiger partial charge in [-0.2, -0.15) is 11.8 Å². The van der Waals surface area contributed by atoms with Crippen LogP contribution in [-0.2, 0) is 0 Å². The van der Waals surface area contributed by atoms with Gasteiger partial charge in [-0.3, -0.25) is 0 Å². The summed E-state index contributed by atoms with van der Waals surface area (Å²) in [5, 5.41) is 9.60. The molecule has 0 heterocycles. The van der Waals surface area contributed by atoms with Gasteiger partial charge in [-0.05, 0) is 24.5 Å². The van der Waals surface area contributed by atoms with Gasteiger partial charge >= 0.3 is 0 Å². The molecule has 1 aliphatic rings. The van der Waals surface area contributed by atoms with E-state index in [0.29, 0.717) is 12.5 Å². The predicted octanol–water partition coefficient (Wildman–Crippen LogP) is 1.51. The minimum atomic E-state index is 0.347. The van der Waals surface area contributed by atoms with Crippen LogP contribution < -0.4 is 0 Å². The van der Waals surface area contributed by atoms with Crippen LogP contribution in [0.3, 0.4) is 0 Å². The van der Waals surface area contributed by atoms with E-state index in [9.17, 15) is 0 Å². The van der Waals surface area contributed by atoms with Crippen molar-refractivity contribution >= 4 is 11.8 Å². The SMILES string of the molecule is CC(CO)CSC1CC1. The number of rotatable bonds is 4. The average Bonchev–Trinajstić information content (AvgIpc) is 2.65. The molecular formula is C7H14OS. The second-order valence-electron chi connectivity index (χ2n) is 2.82. The van der Waals surface area contributed by atoms with Gasteiger partial charge in [0.05, 0.1) is 0 Å². The van der Waals surface area contributed by atoms with Crippen molar-refractivity contribution in [3.05, 3.63) is 0 Å². The first kappa shape index (κ1) is 7.42.